The minimum absolute atomic E-state index is 0. The first kappa shape index (κ1) is 20.9. The van der Waals surface area contributed by atoms with Crippen LogP contribution in [0.3, 0.4) is 0 Å². The predicted molar refractivity (Wildman–Crippen MR) is 107 cm³/mol. The van der Waals surface area contributed by atoms with E-state index in [1.807, 2.05) is 4.90 Å². The molecule has 1 saturated carbocycles. The fourth-order valence-corrected chi connectivity index (χ4v) is 5.09. The monoisotopic (exact) mass is 425 g/mol. The number of sulfonamides is 1. The van der Waals surface area contributed by atoms with Crippen LogP contribution in [0.2, 0.25) is 0 Å². The maximum Gasteiger partial charge on any atom is 0.253 e. The number of likely N-dealkylation sites (tertiary alicyclic amines) is 1. The van der Waals surface area contributed by atoms with E-state index in [9.17, 15) is 13.2 Å². The molecule has 2 aromatic rings. The smallest absolute Gasteiger partial charge is 0.253 e. The molecule has 1 aliphatic carbocycles. The number of benzene rings is 1. The first-order valence-corrected chi connectivity index (χ1v) is 10.6. The van der Waals surface area contributed by atoms with Gasteiger partial charge in [0.2, 0.25) is 10.0 Å². The van der Waals surface area contributed by atoms with Gasteiger partial charge in [0, 0.05) is 24.7 Å². The Kier molecular flexibility index (Phi) is 6.14. The van der Waals surface area contributed by atoms with Crippen molar-refractivity contribution in [2.75, 3.05) is 13.1 Å². The Hall–Kier alpha value is -1.87. The minimum Gasteiger partial charge on any atom is -0.468 e. The van der Waals surface area contributed by atoms with Crippen LogP contribution in [0.1, 0.15) is 29.0 Å². The van der Waals surface area contributed by atoms with Gasteiger partial charge >= 0.3 is 0 Å². The van der Waals surface area contributed by atoms with Crippen LogP contribution in [0.4, 0.5) is 0 Å². The normalized spacial score (nSPS) is 24.0. The van der Waals surface area contributed by atoms with Gasteiger partial charge in [-0.1, -0.05) is 0 Å². The van der Waals surface area contributed by atoms with Gasteiger partial charge in [-0.25, -0.2) is 13.1 Å². The summed E-state index contributed by atoms with van der Waals surface area (Å²) < 4.78 is 32.4. The summed E-state index contributed by atoms with van der Waals surface area (Å²) in [5, 5.41) is 0. The third-order valence-corrected chi connectivity index (χ3v) is 7.04. The van der Waals surface area contributed by atoms with Gasteiger partial charge in [0.05, 0.1) is 17.7 Å². The number of furan rings is 1. The fraction of sp³-hybridized carbons (Fsp3) is 0.421. The van der Waals surface area contributed by atoms with E-state index < -0.39 is 10.0 Å². The molecule has 152 valence electrons. The Morgan fingerprint density at radius 2 is 1.93 bits per heavy atom. The molecular weight excluding hydrogens is 402 g/mol. The van der Waals surface area contributed by atoms with Crippen LogP contribution in [0.25, 0.3) is 0 Å². The highest BCUT2D eigenvalue weighted by molar-refractivity contribution is 7.89. The zero-order chi connectivity index (χ0) is 19.0. The second-order valence-electron chi connectivity index (χ2n) is 7.30. The Labute approximate surface area is 170 Å². The quantitative estimate of drug-likeness (QED) is 0.762. The molecule has 1 aliphatic heterocycles. The van der Waals surface area contributed by atoms with E-state index in [0.717, 1.165) is 19.4 Å². The topological polar surface area (TPSA) is 106 Å². The molecule has 0 spiro atoms. The third kappa shape index (κ3) is 4.10. The van der Waals surface area contributed by atoms with Crippen LogP contribution in [0.15, 0.2) is 52.0 Å². The number of fused-ring (bicyclic) bond motifs is 1. The van der Waals surface area contributed by atoms with Crippen molar-refractivity contribution in [3.8, 4) is 0 Å². The van der Waals surface area contributed by atoms with E-state index in [0.29, 0.717) is 29.7 Å². The van der Waals surface area contributed by atoms with Crippen molar-refractivity contribution < 1.29 is 17.6 Å². The maximum absolute atomic E-state index is 12.7. The lowest BCUT2D eigenvalue weighted by molar-refractivity contribution is 0.0779. The minimum atomic E-state index is -3.67. The van der Waals surface area contributed by atoms with Gasteiger partial charge in [-0.2, -0.15) is 0 Å². The van der Waals surface area contributed by atoms with Gasteiger partial charge in [0.15, 0.2) is 0 Å². The molecule has 4 rings (SSSR count). The maximum atomic E-state index is 12.7. The van der Waals surface area contributed by atoms with Gasteiger partial charge < -0.3 is 15.1 Å². The van der Waals surface area contributed by atoms with Crippen molar-refractivity contribution in [1.82, 2.24) is 9.62 Å². The molecule has 28 heavy (non-hydrogen) atoms. The summed E-state index contributed by atoms with van der Waals surface area (Å²) in [5.74, 6) is 1.35. The summed E-state index contributed by atoms with van der Waals surface area (Å²) in [6.45, 7) is 1.50. The summed E-state index contributed by atoms with van der Waals surface area (Å²) >= 11 is 0. The summed E-state index contributed by atoms with van der Waals surface area (Å²) in [5.41, 5.74) is 6.63. The molecule has 1 amide bonds. The first-order valence-electron chi connectivity index (χ1n) is 9.11. The predicted octanol–water partition coefficient (Wildman–Crippen LogP) is 1.99. The number of hydrogen-bond acceptors (Lipinski definition) is 5. The molecule has 3 atom stereocenters. The van der Waals surface area contributed by atoms with E-state index in [1.54, 1.807) is 24.3 Å². The van der Waals surface area contributed by atoms with Crippen LogP contribution in [0, 0.1) is 11.8 Å². The van der Waals surface area contributed by atoms with Gasteiger partial charge in [0.25, 0.3) is 5.91 Å². The lowest BCUT2D eigenvalue weighted by atomic mass is 9.98. The molecule has 7 nitrogen and oxygen atoms in total. The molecule has 3 N–H and O–H groups in total. The summed E-state index contributed by atoms with van der Waals surface area (Å²) in [6, 6.07) is 9.63. The fourth-order valence-electron chi connectivity index (χ4n) is 4.10. The Balaban J connectivity index is 0.00000225. The number of nitrogens with two attached hydrogens (primary N) is 1. The van der Waals surface area contributed by atoms with Crippen molar-refractivity contribution in [2.45, 2.75) is 30.3 Å². The van der Waals surface area contributed by atoms with Crippen LogP contribution in [0.5, 0.6) is 0 Å². The van der Waals surface area contributed by atoms with Crippen molar-refractivity contribution >= 4 is 28.3 Å². The molecule has 2 aliphatic rings. The Morgan fingerprint density at radius 1 is 1.18 bits per heavy atom. The molecule has 1 saturated heterocycles. The van der Waals surface area contributed by atoms with Crippen LogP contribution in [-0.2, 0) is 16.6 Å². The Bertz CT molecular complexity index is 915. The average Bonchev–Trinajstić information content (AvgIpc) is 3.39. The molecule has 0 bridgehead atoms. The second-order valence-corrected chi connectivity index (χ2v) is 9.07. The number of amides is 1. The standard InChI is InChI=1S/C19H23N3O4S.ClH/c20-18-8-5-14-11-22(12-17(14)18)19(23)13-3-6-16(7-4-13)27(24,25)21-10-15-2-1-9-26-15;/h1-4,6-7,9,14,17-18,21H,5,8,10-12,20H2;1H. The first-order chi connectivity index (χ1) is 12.9. The van der Waals surface area contributed by atoms with Gasteiger partial charge in [-0.05, 0) is 61.1 Å². The lowest BCUT2D eigenvalue weighted by Gasteiger charge is -2.19. The molecule has 1 aromatic carbocycles. The molecule has 0 radical (unpaired) electrons. The van der Waals surface area contributed by atoms with Crippen molar-refractivity contribution in [3.63, 3.8) is 0 Å². The number of carbonyl (C=O) groups is 1. The van der Waals surface area contributed by atoms with Crippen molar-refractivity contribution in [3.05, 3.63) is 54.0 Å². The van der Waals surface area contributed by atoms with Gasteiger partial charge in [-0.15, -0.1) is 12.4 Å². The summed E-state index contributed by atoms with van der Waals surface area (Å²) in [7, 11) is -3.67. The number of rotatable bonds is 5. The van der Waals surface area contributed by atoms with Gasteiger partial charge in [0.1, 0.15) is 5.76 Å². The number of hydrogen-bond donors (Lipinski definition) is 2. The van der Waals surface area contributed by atoms with E-state index in [-0.39, 0.29) is 35.8 Å². The highest BCUT2D eigenvalue weighted by Crippen LogP contribution is 2.37. The summed E-state index contributed by atoms with van der Waals surface area (Å²) in [4.78, 5) is 14.7. The van der Waals surface area contributed by atoms with Crippen LogP contribution >= 0.6 is 12.4 Å². The zero-order valence-corrected chi connectivity index (χ0v) is 16.9. The number of nitrogens with zero attached hydrogens (tertiary/aromatic N) is 1. The highest BCUT2D eigenvalue weighted by atomic mass is 35.5. The Morgan fingerprint density at radius 3 is 2.57 bits per heavy atom. The molecule has 2 fully saturated rings. The van der Waals surface area contributed by atoms with Crippen molar-refractivity contribution in [1.29, 1.82) is 0 Å². The molecule has 2 heterocycles. The lowest BCUT2D eigenvalue weighted by Crippen LogP contribution is -2.33. The average molecular weight is 426 g/mol. The van der Waals surface area contributed by atoms with E-state index in [4.69, 9.17) is 10.2 Å². The highest BCUT2D eigenvalue weighted by Gasteiger charge is 2.42. The molecule has 9 heteroatoms. The zero-order valence-electron chi connectivity index (χ0n) is 15.3. The molecular formula is C19H24ClN3O4S. The van der Waals surface area contributed by atoms with Crippen LogP contribution < -0.4 is 10.5 Å². The number of nitrogens with one attached hydrogen (secondary N) is 1. The van der Waals surface area contributed by atoms with E-state index in [2.05, 4.69) is 4.72 Å². The number of halogens is 1. The molecule has 1 aromatic heterocycles. The van der Waals surface area contributed by atoms with Gasteiger partial charge in [-0.3, -0.25) is 4.79 Å². The van der Waals surface area contributed by atoms with Crippen molar-refractivity contribution in [2.24, 2.45) is 17.6 Å². The SMILES string of the molecule is Cl.NC1CCC2CN(C(=O)c3ccc(S(=O)(=O)NCc4ccco4)cc3)CC12. The third-order valence-electron chi connectivity index (χ3n) is 5.63. The summed E-state index contributed by atoms with van der Waals surface area (Å²) in [6.07, 6.45) is 3.60. The largest absolute Gasteiger partial charge is 0.468 e. The number of carbonyl (C=O) groups excluding carboxylic acids is 1. The molecule has 3 unspecified atom stereocenters. The van der Waals surface area contributed by atoms with E-state index >= 15 is 0 Å². The van der Waals surface area contributed by atoms with Crippen LogP contribution in [-0.4, -0.2) is 38.4 Å². The second kappa shape index (κ2) is 8.24. The van der Waals surface area contributed by atoms with E-state index in [1.165, 1.54) is 18.4 Å².